The minimum atomic E-state index is 0.322. The third-order valence-corrected chi connectivity index (χ3v) is 4.09. The third-order valence-electron chi connectivity index (χ3n) is 4.09. The fourth-order valence-electron chi connectivity index (χ4n) is 2.64. The standard InChI is InChI=1S/C19H19NO/c1-13-6-3-7-15(14(13)2)12-20-18-10-4-9-17-16(18)8-5-11-19(17)21/h3-11,20-21H,12H2,1-2H3. The Bertz CT molecular complexity index is 793. The first-order valence-electron chi connectivity index (χ1n) is 7.16. The van der Waals surface area contributed by atoms with Crippen molar-refractivity contribution in [2.45, 2.75) is 20.4 Å². The normalized spacial score (nSPS) is 10.8. The van der Waals surface area contributed by atoms with Crippen molar-refractivity contribution in [3.63, 3.8) is 0 Å². The zero-order valence-corrected chi connectivity index (χ0v) is 12.4. The van der Waals surface area contributed by atoms with E-state index in [4.69, 9.17) is 0 Å². The summed E-state index contributed by atoms with van der Waals surface area (Å²) in [6.07, 6.45) is 0. The average Bonchev–Trinajstić information content (AvgIpc) is 2.49. The van der Waals surface area contributed by atoms with Crippen LogP contribution in [0.15, 0.2) is 54.6 Å². The number of fused-ring (bicyclic) bond motifs is 1. The van der Waals surface area contributed by atoms with E-state index in [1.807, 2.05) is 30.3 Å². The van der Waals surface area contributed by atoms with Gasteiger partial charge >= 0.3 is 0 Å². The molecule has 0 radical (unpaired) electrons. The topological polar surface area (TPSA) is 32.3 Å². The van der Waals surface area contributed by atoms with E-state index in [1.165, 1.54) is 16.7 Å². The van der Waals surface area contributed by atoms with E-state index < -0.39 is 0 Å². The van der Waals surface area contributed by atoms with Crippen LogP contribution in [-0.4, -0.2) is 5.11 Å². The Labute approximate surface area is 125 Å². The molecule has 0 unspecified atom stereocenters. The number of aromatic hydroxyl groups is 1. The number of phenolic OH excluding ortho intramolecular Hbond substituents is 1. The Balaban J connectivity index is 1.92. The van der Waals surface area contributed by atoms with Gasteiger partial charge in [0.15, 0.2) is 0 Å². The van der Waals surface area contributed by atoms with Crippen molar-refractivity contribution in [1.82, 2.24) is 0 Å². The molecule has 0 bridgehead atoms. The van der Waals surface area contributed by atoms with Gasteiger partial charge in [-0.3, -0.25) is 0 Å². The lowest BCUT2D eigenvalue weighted by molar-refractivity contribution is 0.481. The van der Waals surface area contributed by atoms with Gasteiger partial charge in [-0.2, -0.15) is 0 Å². The van der Waals surface area contributed by atoms with E-state index >= 15 is 0 Å². The summed E-state index contributed by atoms with van der Waals surface area (Å²) in [4.78, 5) is 0. The van der Waals surface area contributed by atoms with Crippen LogP contribution >= 0.6 is 0 Å². The molecule has 0 aliphatic heterocycles. The lowest BCUT2D eigenvalue weighted by Crippen LogP contribution is -2.02. The van der Waals surface area contributed by atoms with Gasteiger partial charge in [0.25, 0.3) is 0 Å². The maximum Gasteiger partial charge on any atom is 0.123 e. The number of hydrogen-bond donors (Lipinski definition) is 2. The second-order valence-electron chi connectivity index (χ2n) is 5.39. The molecule has 0 heterocycles. The Morgan fingerprint density at radius 1 is 0.857 bits per heavy atom. The highest BCUT2D eigenvalue weighted by Gasteiger charge is 2.05. The molecule has 0 amide bonds. The number of rotatable bonds is 3. The Hall–Kier alpha value is -2.48. The largest absolute Gasteiger partial charge is 0.507 e. The van der Waals surface area contributed by atoms with E-state index in [2.05, 4.69) is 37.4 Å². The maximum absolute atomic E-state index is 9.93. The molecule has 3 aromatic carbocycles. The van der Waals surface area contributed by atoms with Crippen LogP contribution in [0.4, 0.5) is 5.69 Å². The number of phenols is 1. The highest BCUT2D eigenvalue weighted by molar-refractivity contribution is 5.97. The van der Waals surface area contributed by atoms with Gasteiger partial charge in [-0.05, 0) is 42.7 Å². The van der Waals surface area contributed by atoms with Crippen molar-refractivity contribution in [2.75, 3.05) is 5.32 Å². The highest BCUT2D eigenvalue weighted by atomic mass is 16.3. The molecule has 0 aliphatic carbocycles. The molecule has 2 heteroatoms. The SMILES string of the molecule is Cc1cccc(CNc2cccc3c(O)cccc23)c1C. The molecule has 0 aromatic heterocycles. The predicted octanol–water partition coefficient (Wildman–Crippen LogP) is 4.77. The van der Waals surface area contributed by atoms with Crippen LogP contribution in [0.3, 0.4) is 0 Å². The van der Waals surface area contributed by atoms with Crippen molar-refractivity contribution in [3.8, 4) is 5.75 Å². The number of anilines is 1. The minimum absolute atomic E-state index is 0.322. The smallest absolute Gasteiger partial charge is 0.123 e. The molecular formula is C19H19NO. The van der Waals surface area contributed by atoms with Crippen LogP contribution in [0, 0.1) is 13.8 Å². The number of benzene rings is 3. The molecule has 0 atom stereocenters. The molecule has 0 saturated carbocycles. The maximum atomic E-state index is 9.93. The van der Waals surface area contributed by atoms with Crippen LogP contribution in [0.5, 0.6) is 5.75 Å². The Kier molecular flexibility index (Phi) is 3.53. The third kappa shape index (κ3) is 2.57. The highest BCUT2D eigenvalue weighted by Crippen LogP contribution is 2.30. The van der Waals surface area contributed by atoms with Gasteiger partial charge in [-0.15, -0.1) is 0 Å². The number of aryl methyl sites for hydroxylation is 1. The molecule has 106 valence electrons. The second-order valence-corrected chi connectivity index (χ2v) is 5.39. The van der Waals surface area contributed by atoms with E-state index in [0.717, 1.165) is 23.0 Å². The Morgan fingerprint density at radius 3 is 2.43 bits per heavy atom. The molecule has 2 N–H and O–H groups in total. The van der Waals surface area contributed by atoms with Crippen LogP contribution in [0.25, 0.3) is 10.8 Å². The van der Waals surface area contributed by atoms with E-state index in [0.29, 0.717) is 5.75 Å². The van der Waals surface area contributed by atoms with Gasteiger partial charge in [-0.1, -0.05) is 42.5 Å². The minimum Gasteiger partial charge on any atom is -0.507 e. The van der Waals surface area contributed by atoms with Gasteiger partial charge in [0.05, 0.1) is 0 Å². The molecule has 2 nitrogen and oxygen atoms in total. The second kappa shape index (κ2) is 5.49. The summed E-state index contributed by atoms with van der Waals surface area (Å²) in [7, 11) is 0. The van der Waals surface area contributed by atoms with Gasteiger partial charge in [0, 0.05) is 23.0 Å². The monoisotopic (exact) mass is 277 g/mol. The Morgan fingerprint density at radius 2 is 1.57 bits per heavy atom. The van der Waals surface area contributed by atoms with Gasteiger partial charge in [-0.25, -0.2) is 0 Å². The van der Waals surface area contributed by atoms with Crippen molar-refractivity contribution in [1.29, 1.82) is 0 Å². The van der Waals surface area contributed by atoms with Crippen LogP contribution < -0.4 is 5.32 Å². The fraction of sp³-hybridized carbons (Fsp3) is 0.158. The first kappa shape index (κ1) is 13.5. The van der Waals surface area contributed by atoms with Gasteiger partial charge in [0.2, 0.25) is 0 Å². The van der Waals surface area contributed by atoms with Crippen molar-refractivity contribution in [2.24, 2.45) is 0 Å². The predicted molar refractivity (Wildman–Crippen MR) is 88.9 cm³/mol. The van der Waals surface area contributed by atoms with Crippen LogP contribution in [0.1, 0.15) is 16.7 Å². The summed E-state index contributed by atoms with van der Waals surface area (Å²) in [5.74, 6) is 0.322. The van der Waals surface area contributed by atoms with Gasteiger partial charge in [0.1, 0.15) is 5.75 Å². The zero-order chi connectivity index (χ0) is 14.8. The summed E-state index contributed by atoms with van der Waals surface area (Å²) in [5.41, 5.74) is 4.98. The number of hydrogen-bond acceptors (Lipinski definition) is 2. The summed E-state index contributed by atoms with van der Waals surface area (Å²) in [6, 6.07) is 18.0. The average molecular weight is 277 g/mol. The molecular weight excluding hydrogens is 258 g/mol. The molecule has 0 spiro atoms. The molecule has 3 aromatic rings. The van der Waals surface area contributed by atoms with E-state index in [9.17, 15) is 5.11 Å². The molecule has 0 aliphatic rings. The first-order valence-corrected chi connectivity index (χ1v) is 7.16. The summed E-state index contributed by atoms with van der Waals surface area (Å²) in [6.45, 7) is 5.07. The molecule has 21 heavy (non-hydrogen) atoms. The van der Waals surface area contributed by atoms with E-state index in [-0.39, 0.29) is 0 Å². The van der Waals surface area contributed by atoms with Crippen LogP contribution in [0.2, 0.25) is 0 Å². The lowest BCUT2D eigenvalue weighted by Gasteiger charge is -2.13. The summed E-state index contributed by atoms with van der Waals surface area (Å²) >= 11 is 0. The first-order chi connectivity index (χ1) is 10.2. The quantitative estimate of drug-likeness (QED) is 0.722. The summed E-state index contributed by atoms with van der Waals surface area (Å²) in [5, 5.41) is 15.3. The van der Waals surface area contributed by atoms with Crippen molar-refractivity contribution < 1.29 is 5.11 Å². The van der Waals surface area contributed by atoms with Crippen molar-refractivity contribution in [3.05, 3.63) is 71.3 Å². The molecule has 3 rings (SSSR count). The van der Waals surface area contributed by atoms with Crippen LogP contribution in [-0.2, 0) is 6.54 Å². The summed E-state index contributed by atoms with van der Waals surface area (Å²) < 4.78 is 0. The fourth-order valence-corrected chi connectivity index (χ4v) is 2.64. The zero-order valence-electron chi connectivity index (χ0n) is 12.4. The van der Waals surface area contributed by atoms with E-state index in [1.54, 1.807) is 6.07 Å². The number of nitrogens with one attached hydrogen (secondary N) is 1. The molecule has 0 saturated heterocycles. The molecule has 0 fully saturated rings. The van der Waals surface area contributed by atoms with Crippen molar-refractivity contribution >= 4 is 16.5 Å². The lowest BCUT2D eigenvalue weighted by atomic mass is 10.0. The van der Waals surface area contributed by atoms with Gasteiger partial charge < -0.3 is 10.4 Å².